The number of nitrogens with one attached hydrogen (secondary N) is 2. The summed E-state index contributed by atoms with van der Waals surface area (Å²) in [6.45, 7) is 1.86. The first kappa shape index (κ1) is 31.0. The van der Waals surface area contributed by atoms with Crippen LogP contribution >= 0.6 is 0 Å². The molecule has 0 radical (unpaired) electrons. The van der Waals surface area contributed by atoms with E-state index >= 15 is 4.39 Å². The molecule has 1 aliphatic heterocycles. The molecule has 1 heterocycles. The normalized spacial score (nSPS) is 16.4. The number of halogens is 1. The van der Waals surface area contributed by atoms with E-state index in [2.05, 4.69) is 15.4 Å². The number of benzene rings is 3. The van der Waals surface area contributed by atoms with Gasteiger partial charge in [-0.1, -0.05) is 36.4 Å². The maximum atomic E-state index is 15.6. The first-order valence-electron chi connectivity index (χ1n) is 14.3. The molecule has 224 valence electrons. The van der Waals surface area contributed by atoms with Crippen LogP contribution in [0.4, 0.5) is 9.18 Å². The Hall–Kier alpha value is -3.95. The molecule has 1 saturated heterocycles. The Kier molecular flexibility index (Phi) is 10.5. The van der Waals surface area contributed by atoms with Crippen LogP contribution in [-0.2, 0) is 16.9 Å². The highest BCUT2D eigenvalue weighted by atomic mass is 19.1. The minimum absolute atomic E-state index is 0.0994. The van der Waals surface area contributed by atoms with E-state index in [1.807, 2.05) is 31.3 Å². The van der Waals surface area contributed by atoms with Crippen molar-refractivity contribution in [3.63, 3.8) is 0 Å². The highest BCUT2D eigenvalue weighted by Gasteiger charge is 2.43. The molecule has 2 amide bonds. The van der Waals surface area contributed by atoms with Crippen LogP contribution in [0.15, 0.2) is 66.7 Å². The predicted molar refractivity (Wildman–Crippen MR) is 160 cm³/mol. The van der Waals surface area contributed by atoms with E-state index in [4.69, 9.17) is 4.74 Å². The number of rotatable bonds is 11. The largest absolute Gasteiger partial charge is 0.497 e. The Balaban J connectivity index is 1.69. The molecule has 8 nitrogen and oxygen atoms in total. The van der Waals surface area contributed by atoms with Gasteiger partial charge in [0.25, 0.3) is 5.91 Å². The second-order valence-corrected chi connectivity index (χ2v) is 10.7. The highest BCUT2D eigenvalue weighted by Crippen LogP contribution is 2.44. The molecular weight excluding hydrogens is 537 g/mol. The van der Waals surface area contributed by atoms with Crippen LogP contribution in [0.2, 0.25) is 0 Å². The molecule has 0 aromatic heterocycles. The number of alkyl carbamates (subject to hydrolysis) is 1. The Morgan fingerprint density at radius 3 is 2.57 bits per heavy atom. The van der Waals surface area contributed by atoms with Crippen molar-refractivity contribution < 1.29 is 28.6 Å². The minimum Gasteiger partial charge on any atom is -0.497 e. The molecule has 0 spiro atoms. The first-order chi connectivity index (χ1) is 20.3. The van der Waals surface area contributed by atoms with Gasteiger partial charge in [0, 0.05) is 43.2 Å². The number of aliphatic hydroxyl groups is 1. The number of nitrogens with zero attached hydrogens (tertiary/aromatic N) is 1. The van der Waals surface area contributed by atoms with Crippen LogP contribution < -0.4 is 15.4 Å². The third-order valence-electron chi connectivity index (χ3n) is 7.99. The maximum absolute atomic E-state index is 15.6. The van der Waals surface area contributed by atoms with Gasteiger partial charge in [-0.2, -0.15) is 0 Å². The van der Waals surface area contributed by atoms with Gasteiger partial charge < -0.3 is 30.1 Å². The van der Waals surface area contributed by atoms with Crippen molar-refractivity contribution >= 4 is 12.0 Å². The van der Waals surface area contributed by atoms with Crippen molar-refractivity contribution in [2.75, 3.05) is 40.9 Å². The van der Waals surface area contributed by atoms with Crippen LogP contribution in [0.5, 0.6) is 5.75 Å². The molecule has 0 aliphatic carbocycles. The number of hydrogen-bond acceptors (Lipinski definition) is 6. The molecule has 0 unspecified atom stereocenters. The lowest BCUT2D eigenvalue weighted by Crippen LogP contribution is -2.48. The molecule has 4 rings (SSSR count). The maximum Gasteiger partial charge on any atom is 0.406 e. The third-order valence-corrected chi connectivity index (χ3v) is 7.99. The molecule has 0 bridgehead atoms. The standard InChI is InChI=1S/C33H40FN3O5/c1-35-21-23-13-15-24(16-14-23)31(38)37-19-6-9-26(22-37)33(40,17-7-18-36-32(39)42-3)28-11-5-12-29(34)30(28)25-8-4-10-27(20-25)41-2/h4-5,8,10-16,20,26,35,40H,6-7,9,17-19,21-22H2,1-3H3,(H,36,39)/t26-,33+/m1/s1. The lowest BCUT2D eigenvalue weighted by molar-refractivity contribution is -0.0564. The fourth-order valence-electron chi connectivity index (χ4n) is 5.84. The minimum atomic E-state index is -1.49. The summed E-state index contributed by atoms with van der Waals surface area (Å²) >= 11 is 0. The lowest BCUT2D eigenvalue weighted by Gasteiger charge is -2.43. The van der Waals surface area contributed by atoms with Gasteiger partial charge in [0.2, 0.25) is 0 Å². The highest BCUT2D eigenvalue weighted by molar-refractivity contribution is 5.94. The number of carbonyl (C=O) groups is 2. The SMILES string of the molecule is CNCc1ccc(C(=O)N2CCC[C@@H]([C@@](O)(CCCNC(=O)OC)c3cccc(F)c3-c3cccc(OC)c3)C2)cc1. The second-order valence-electron chi connectivity index (χ2n) is 10.7. The predicted octanol–water partition coefficient (Wildman–Crippen LogP) is 5.10. The Labute approximate surface area is 246 Å². The summed E-state index contributed by atoms with van der Waals surface area (Å²) in [5.74, 6) is -0.360. The van der Waals surface area contributed by atoms with Crippen molar-refractivity contribution in [1.82, 2.24) is 15.5 Å². The third kappa shape index (κ3) is 7.09. The van der Waals surface area contributed by atoms with Crippen LogP contribution in [0.3, 0.4) is 0 Å². The van der Waals surface area contributed by atoms with E-state index in [9.17, 15) is 14.7 Å². The van der Waals surface area contributed by atoms with Crippen LogP contribution in [-0.4, -0.2) is 62.9 Å². The van der Waals surface area contributed by atoms with Crippen molar-refractivity contribution in [2.24, 2.45) is 5.92 Å². The van der Waals surface area contributed by atoms with E-state index in [1.54, 1.807) is 48.4 Å². The molecule has 3 aromatic rings. The molecule has 3 aromatic carbocycles. The van der Waals surface area contributed by atoms with Crippen molar-refractivity contribution in [1.29, 1.82) is 0 Å². The topological polar surface area (TPSA) is 100 Å². The smallest absolute Gasteiger partial charge is 0.406 e. The average molecular weight is 578 g/mol. The summed E-state index contributed by atoms with van der Waals surface area (Å²) in [5, 5.41) is 18.4. The van der Waals surface area contributed by atoms with Gasteiger partial charge in [-0.3, -0.25) is 4.79 Å². The van der Waals surface area contributed by atoms with E-state index in [1.165, 1.54) is 13.2 Å². The zero-order valence-electron chi connectivity index (χ0n) is 24.5. The molecule has 1 fully saturated rings. The number of amides is 2. The summed E-state index contributed by atoms with van der Waals surface area (Å²) < 4.78 is 25.7. The summed E-state index contributed by atoms with van der Waals surface area (Å²) in [4.78, 5) is 27.0. The molecule has 42 heavy (non-hydrogen) atoms. The number of likely N-dealkylation sites (tertiary alicyclic amines) is 1. The Bertz CT molecular complexity index is 1370. The quantitative estimate of drug-likeness (QED) is 0.275. The summed E-state index contributed by atoms with van der Waals surface area (Å²) in [6.07, 6.45) is 1.44. The number of methoxy groups -OCH3 is 2. The second kappa shape index (κ2) is 14.3. The Morgan fingerprint density at radius 2 is 1.86 bits per heavy atom. The zero-order valence-corrected chi connectivity index (χ0v) is 24.5. The summed E-state index contributed by atoms with van der Waals surface area (Å²) in [7, 11) is 4.71. The number of carbonyl (C=O) groups excluding carboxylic acids is 2. The number of piperidine rings is 1. The van der Waals surface area contributed by atoms with Crippen LogP contribution in [0.25, 0.3) is 11.1 Å². The van der Waals surface area contributed by atoms with Gasteiger partial charge in [0.05, 0.1) is 19.8 Å². The van der Waals surface area contributed by atoms with Gasteiger partial charge in [0.15, 0.2) is 0 Å². The number of hydrogen-bond donors (Lipinski definition) is 3. The van der Waals surface area contributed by atoms with Gasteiger partial charge in [-0.15, -0.1) is 0 Å². The fourth-order valence-corrected chi connectivity index (χ4v) is 5.84. The van der Waals surface area contributed by atoms with Crippen LogP contribution in [0.1, 0.15) is 47.2 Å². The van der Waals surface area contributed by atoms with E-state index in [-0.39, 0.29) is 24.8 Å². The molecule has 2 atom stereocenters. The molecular formula is C33H40FN3O5. The Morgan fingerprint density at radius 1 is 1.10 bits per heavy atom. The average Bonchev–Trinajstić information content (AvgIpc) is 3.03. The van der Waals surface area contributed by atoms with E-state index < -0.39 is 17.5 Å². The molecule has 1 aliphatic rings. The summed E-state index contributed by atoms with van der Waals surface area (Å²) in [6, 6.07) is 19.4. The lowest BCUT2D eigenvalue weighted by atomic mass is 9.72. The van der Waals surface area contributed by atoms with Crippen molar-refractivity contribution in [3.8, 4) is 16.9 Å². The monoisotopic (exact) mass is 577 g/mol. The molecule has 0 saturated carbocycles. The fraction of sp³-hybridized carbons (Fsp3) is 0.394. The van der Waals surface area contributed by atoms with E-state index in [0.717, 1.165) is 5.56 Å². The van der Waals surface area contributed by atoms with Crippen molar-refractivity contribution in [3.05, 3.63) is 89.2 Å². The van der Waals surface area contributed by atoms with Crippen molar-refractivity contribution in [2.45, 2.75) is 37.8 Å². The zero-order chi connectivity index (χ0) is 30.1. The first-order valence-corrected chi connectivity index (χ1v) is 14.3. The van der Waals surface area contributed by atoms with E-state index in [0.29, 0.717) is 66.9 Å². The van der Waals surface area contributed by atoms with Crippen LogP contribution in [0, 0.1) is 11.7 Å². The van der Waals surface area contributed by atoms with Gasteiger partial charge in [-0.25, -0.2) is 9.18 Å². The molecule has 9 heteroatoms. The molecule has 3 N–H and O–H groups in total. The summed E-state index contributed by atoms with van der Waals surface area (Å²) in [5.41, 5.74) is 1.50. The van der Waals surface area contributed by atoms with Gasteiger partial charge >= 0.3 is 6.09 Å². The van der Waals surface area contributed by atoms with Gasteiger partial charge in [0.1, 0.15) is 11.6 Å². The van der Waals surface area contributed by atoms with Gasteiger partial charge in [-0.05, 0) is 79.8 Å². The number of ether oxygens (including phenoxy) is 2.